The van der Waals surface area contributed by atoms with Crippen LogP contribution in [0, 0.1) is 18.2 Å². The number of rotatable bonds is 3. The molecule has 0 N–H and O–H groups in total. The van der Waals surface area contributed by atoms with E-state index in [1.807, 2.05) is 4.90 Å². The summed E-state index contributed by atoms with van der Waals surface area (Å²) in [5.41, 5.74) is 0.704. The van der Waals surface area contributed by atoms with E-state index in [9.17, 15) is 14.0 Å². The highest BCUT2D eigenvalue weighted by atomic mass is 19.1. The number of aryl methyl sites for hydroxylation is 1. The van der Waals surface area contributed by atoms with Crippen molar-refractivity contribution in [2.75, 3.05) is 19.6 Å². The molecule has 2 aliphatic rings. The van der Waals surface area contributed by atoms with Crippen molar-refractivity contribution in [1.82, 2.24) is 14.8 Å². The van der Waals surface area contributed by atoms with Crippen LogP contribution in [-0.4, -0.2) is 46.2 Å². The quantitative estimate of drug-likeness (QED) is 0.832. The van der Waals surface area contributed by atoms with E-state index in [0.29, 0.717) is 44.1 Å². The fourth-order valence-corrected chi connectivity index (χ4v) is 4.20. The molecular formula is C20H22FN3O3. The molecule has 0 saturated carbocycles. The van der Waals surface area contributed by atoms with Crippen LogP contribution in [0.15, 0.2) is 35.1 Å². The van der Waals surface area contributed by atoms with Crippen molar-refractivity contribution in [3.8, 4) is 0 Å². The van der Waals surface area contributed by atoms with Crippen molar-refractivity contribution in [2.24, 2.45) is 5.41 Å². The lowest BCUT2D eigenvalue weighted by atomic mass is 9.78. The van der Waals surface area contributed by atoms with Gasteiger partial charge in [-0.25, -0.2) is 9.37 Å². The monoisotopic (exact) mass is 371 g/mol. The highest BCUT2D eigenvalue weighted by Crippen LogP contribution is 2.41. The smallest absolute Gasteiger partial charge is 0.276 e. The van der Waals surface area contributed by atoms with Crippen molar-refractivity contribution < 1.29 is 18.4 Å². The third-order valence-corrected chi connectivity index (χ3v) is 5.70. The van der Waals surface area contributed by atoms with E-state index in [-0.39, 0.29) is 17.6 Å². The summed E-state index contributed by atoms with van der Waals surface area (Å²) in [6, 6.07) is 6.24. The first-order chi connectivity index (χ1) is 13.0. The average Bonchev–Trinajstić information content (AvgIpc) is 3.28. The van der Waals surface area contributed by atoms with Crippen LogP contribution >= 0.6 is 0 Å². The fraction of sp³-hybridized carbons (Fsp3) is 0.450. The molecule has 2 amide bonds. The van der Waals surface area contributed by atoms with Gasteiger partial charge in [-0.2, -0.15) is 0 Å². The van der Waals surface area contributed by atoms with E-state index in [2.05, 4.69) is 4.98 Å². The number of oxazole rings is 1. The summed E-state index contributed by atoms with van der Waals surface area (Å²) < 4.78 is 18.3. The summed E-state index contributed by atoms with van der Waals surface area (Å²) in [5.74, 6) is 0.119. The Morgan fingerprint density at radius 3 is 2.74 bits per heavy atom. The van der Waals surface area contributed by atoms with E-state index in [0.717, 1.165) is 18.4 Å². The Morgan fingerprint density at radius 2 is 2.04 bits per heavy atom. The van der Waals surface area contributed by atoms with Crippen LogP contribution < -0.4 is 0 Å². The number of amides is 2. The molecule has 27 heavy (non-hydrogen) atoms. The molecule has 1 atom stereocenters. The number of halogens is 1. The van der Waals surface area contributed by atoms with Gasteiger partial charge in [0.15, 0.2) is 12.1 Å². The third kappa shape index (κ3) is 3.22. The molecule has 1 aromatic carbocycles. The number of carbonyl (C=O) groups is 2. The maximum atomic E-state index is 13.2. The highest BCUT2D eigenvalue weighted by molar-refractivity contribution is 5.94. The summed E-state index contributed by atoms with van der Waals surface area (Å²) in [4.78, 5) is 33.5. The normalized spacial score (nSPS) is 22.7. The molecule has 1 spiro atoms. The molecule has 7 heteroatoms. The number of aromatic nitrogens is 1. The van der Waals surface area contributed by atoms with Crippen LogP contribution in [0.25, 0.3) is 0 Å². The third-order valence-electron chi connectivity index (χ3n) is 5.70. The van der Waals surface area contributed by atoms with Crippen LogP contribution in [0.5, 0.6) is 0 Å². The molecule has 1 unspecified atom stereocenters. The van der Waals surface area contributed by atoms with E-state index in [1.54, 1.807) is 24.0 Å². The summed E-state index contributed by atoms with van der Waals surface area (Å²) in [7, 11) is 0. The van der Waals surface area contributed by atoms with Crippen molar-refractivity contribution in [3.05, 3.63) is 53.5 Å². The minimum atomic E-state index is -0.522. The van der Waals surface area contributed by atoms with E-state index in [4.69, 9.17) is 4.42 Å². The Bertz CT molecular complexity index is 864. The van der Waals surface area contributed by atoms with Gasteiger partial charge in [-0.15, -0.1) is 0 Å². The number of benzene rings is 1. The molecule has 2 fully saturated rings. The molecule has 0 aliphatic carbocycles. The average molecular weight is 371 g/mol. The molecule has 0 bridgehead atoms. The molecule has 1 aromatic heterocycles. The molecule has 2 aromatic rings. The molecule has 3 heterocycles. The van der Waals surface area contributed by atoms with Crippen molar-refractivity contribution in [1.29, 1.82) is 0 Å². The lowest BCUT2D eigenvalue weighted by molar-refractivity contribution is -0.146. The number of carbonyl (C=O) groups excluding carboxylic acids is 2. The van der Waals surface area contributed by atoms with E-state index in [1.165, 1.54) is 18.5 Å². The predicted octanol–water partition coefficient (Wildman–Crippen LogP) is 2.78. The molecule has 142 valence electrons. The second-order valence-corrected chi connectivity index (χ2v) is 7.47. The summed E-state index contributed by atoms with van der Waals surface area (Å²) >= 11 is 0. The van der Waals surface area contributed by atoms with Gasteiger partial charge in [0.05, 0.1) is 5.41 Å². The SMILES string of the molecule is Cc1ocnc1C(=O)N1CCC2(CCCN(Cc3ccc(F)cc3)C2=O)C1. The second-order valence-electron chi connectivity index (χ2n) is 7.47. The van der Waals surface area contributed by atoms with Gasteiger partial charge in [0.2, 0.25) is 5.91 Å². The minimum absolute atomic E-state index is 0.0882. The Morgan fingerprint density at radius 1 is 1.26 bits per heavy atom. The molecule has 2 aliphatic heterocycles. The number of nitrogens with zero attached hydrogens (tertiary/aromatic N) is 3. The van der Waals surface area contributed by atoms with Crippen molar-refractivity contribution in [2.45, 2.75) is 32.7 Å². The lowest BCUT2D eigenvalue weighted by Gasteiger charge is -2.39. The Labute approximate surface area is 157 Å². The van der Waals surface area contributed by atoms with E-state index >= 15 is 0 Å². The molecular weight excluding hydrogens is 349 g/mol. The van der Waals surface area contributed by atoms with Gasteiger partial charge in [0, 0.05) is 26.2 Å². The van der Waals surface area contributed by atoms with Gasteiger partial charge in [0.25, 0.3) is 5.91 Å². The predicted molar refractivity (Wildman–Crippen MR) is 95.2 cm³/mol. The zero-order chi connectivity index (χ0) is 19.0. The molecule has 0 radical (unpaired) electrons. The van der Waals surface area contributed by atoms with Crippen LogP contribution in [0.4, 0.5) is 4.39 Å². The lowest BCUT2D eigenvalue weighted by Crippen LogP contribution is -2.50. The Kier molecular flexibility index (Phi) is 4.45. The Hall–Kier alpha value is -2.70. The van der Waals surface area contributed by atoms with Gasteiger partial charge >= 0.3 is 0 Å². The topological polar surface area (TPSA) is 66.7 Å². The second kappa shape index (κ2) is 6.79. The number of piperidine rings is 1. The summed E-state index contributed by atoms with van der Waals surface area (Å²) in [6.45, 7) is 3.83. The number of likely N-dealkylation sites (tertiary alicyclic amines) is 2. The van der Waals surface area contributed by atoms with Gasteiger partial charge in [-0.05, 0) is 43.9 Å². The van der Waals surface area contributed by atoms with Gasteiger partial charge in [-0.3, -0.25) is 9.59 Å². The maximum Gasteiger partial charge on any atom is 0.276 e. The molecule has 6 nitrogen and oxygen atoms in total. The number of hydrogen-bond acceptors (Lipinski definition) is 4. The van der Waals surface area contributed by atoms with Crippen LogP contribution in [0.2, 0.25) is 0 Å². The summed E-state index contributed by atoms with van der Waals surface area (Å²) in [6.07, 6.45) is 3.62. The van der Waals surface area contributed by atoms with Crippen LogP contribution in [0.3, 0.4) is 0 Å². The van der Waals surface area contributed by atoms with Crippen LogP contribution in [0.1, 0.15) is 41.1 Å². The number of hydrogen-bond donors (Lipinski definition) is 0. The van der Waals surface area contributed by atoms with Crippen LogP contribution in [-0.2, 0) is 11.3 Å². The largest absolute Gasteiger partial charge is 0.448 e. The van der Waals surface area contributed by atoms with Crippen molar-refractivity contribution >= 4 is 11.8 Å². The Balaban J connectivity index is 1.48. The molecule has 4 rings (SSSR count). The first-order valence-electron chi connectivity index (χ1n) is 9.22. The molecule has 2 saturated heterocycles. The van der Waals surface area contributed by atoms with Gasteiger partial charge in [-0.1, -0.05) is 12.1 Å². The van der Waals surface area contributed by atoms with Gasteiger partial charge < -0.3 is 14.2 Å². The van der Waals surface area contributed by atoms with Gasteiger partial charge in [0.1, 0.15) is 11.6 Å². The highest BCUT2D eigenvalue weighted by Gasteiger charge is 2.49. The van der Waals surface area contributed by atoms with E-state index < -0.39 is 5.41 Å². The zero-order valence-electron chi connectivity index (χ0n) is 15.3. The zero-order valence-corrected chi connectivity index (χ0v) is 15.3. The summed E-state index contributed by atoms with van der Waals surface area (Å²) in [5, 5.41) is 0. The first kappa shape index (κ1) is 17.7. The minimum Gasteiger partial charge on any atom is -0.448 e. The maximum absolute atomic E-state index is 13.2. The standard InChI is InChI=1S/C20H22FN3O3/c1-14-17(22-13-27-14)18(25)24-10-8-20(12-24)7-2-9-23(19(20)26)11-15-3-5-16(21)6-4-15/h3-6,13H,2,7-12H2,1H3. The fourth-order valence-electron chi connectivity index (χ4n) is 4.20. The first-order valence-corrected chi connectivity index (χ1v) is 9.22. The van der Waals surface area contributed by atoms with Crippen molar-refractivity contribution in [3.63, 3.8) is 0 Å².